The maximum absolute atomic E-state index is 12.3. The first kappa shape index (κ1) is 17.1. The molecule has 1 rings (SSSR count). The minimum atomic E-state index is -3.68. The average molecular weight is 319 g/mol. The number of methoxy groups -OCH3 is 1. The first-order chi connectivity index (χ1) is 9.42. The van der Waals surface area contributed by atoms with Crippen LogP contribution in [0.1, 0.15) is 49.2 Å². The Kier molecular flexibility index (Phi) is 6.64. The largest absolute Gasteiger partial charge is 0.465 e. The van der Waals surface area contributed by atoms with E-state index in [1.165, 1.54) is 13.2 Å². The summed E-state index contributed by atoms with van der Waals surface area (Å²) in [6, 6.07) is 1.27. The van der Waals surface area contributed by atoms with Crippen LogP contribution in [-0.4, -0.2) is 27.5 Å². The molecule has 0 aliphatic heterocycles. The zero-order chi connectivity index (χ0) is 15.2. The van der Waals surface area contributed by atoms with E-state index in [0.717, 1.165) is 37.0 Å². The summed E-state index contributed by atoms with van der Waals surface area (Å²) in [5, 5.41) is 1.57. The van der Waals surface area contributed by atoms with Crippen LogP contribution < -0.4 is 4.72 Å². The van der Waals surface area contributed by atoms with Crippen LogP contribution in [0.3, 0.4) is 0 Å². The van der Waals surface area contributed by atoms with Crippen molar-refractivity contribution in [1.82, 2.24) is 4.72 Å². The van der Waals surface area contributed by atoms with Crippen LogP contribution in [0.25, 0.3) is 0 Å². The van der Waals surface area contributed by atoms with Gasteiger partial charge in [0, 0.05) is 6.04 Å². The summed E-state index contributed by atoms with van der Waals surface area (Å²) in [4.78, 5) is 11.6. The summed E-state index contributed by atoms with van der Waals surface area (Å²) < 4.78 is 31.7. The van der Waals surface area contributed by atoms with E-state index in [4.69, 9.17) is 0 Å². The summed E-state index contributed by atoms with van der Waals surface area (Å²) in [6.45, 7) is 3.93. The monoisotopic (exact) mass is 319 g/mol. The number of esters is 1. The maximum Gasteiger partial charge on any atom is 0.349 e. The third-order valence-electron chi connectivity index (χ3n) is 2.89. The molecule has 0 spiro atoms. The number of nitrogens with one attached hydrogen (secondary N) is 1. The van der Waals surface area contributed by atoms with Gasteiger partial charge >= 0.3 is 5.97 Å². The Balaban J connectivity index is 2.79. The molecule has 1 aromatic rings. The third-order valence-corrected chi connectivity index (χ3v) is 5.54. The lowest BCUT2D eigenvalue weighted by molar-refractivity contribution is 0.0602. The highest BCUT2D eigenvalue weighted by Gasteiger charge is 2.25. The molecule has 7 heteroatoms. The molecule has 0 fully saturated rings. The number of hydrogen-bond acceptors (Lipinski definition) is 5. The van der Waals surface area contributed by atoms with E-state index < -0.39 is 16.0 Å². The van der Waals surface area contributed by atoms with Gasteiger partial charge < -0.3 is 4.74 Å². The number of carbonyl (C=O) groups excluding carboxylic acids is 1. The number of unbranched alkanes of at least 4 members (excludes halogenated alkanes) is 2. The van der Waals surface area contributed by atoms with Crippen LogP contribution in [0.15, 0.2) is 16.3 Å². The van der Waals surface area contributed by atoms with E-state index in [2.05, 4.69) is 16.4 Å². The Morgan fingerprint density at radius 3 is 2.75 bits per heavy atom. The molecule has 0 saturated carbocycles. The van der Waals surface area contributed by atoms with Crippen molar-refractivity contribution in [3.8, 4) is 0 Å². The van der Waals surface area contributed by atoms with Gasteiger partial charge in [0.15, 0.2) is 0 Å². The van der Waals surface area contributed by atoms with E-state index in [9.17, 15) is 13.2 Å². The lowest BCUT2D eigenvalue weighted by atomic mass is 10.1. The Labute approximate surface area is 124 Å². The smallest absolute Gasteiger partial charge is 0.349 e. The Bertz CT molecular complexity index is 536. The topological polar surface area (TPSA) is 72.5 Å². The van der Waals surface area contributed by atoms with Gasteiger partial charge in [0.2, 0.25) is 10.0 Å². The molecule has 0 saturated heterocycles. The van der Waals surface area contributed by atoms with Crippen LogP contribution in [0.2, 0.25) is 0 Å². The SMILES string of the molecule is CCCCCC(C)NS(=O)(=O)c1ccsc1C(=O)OC. The van der Waals surface area contributed by atoms with Gasteiger partial charge in [0.05, 0.1) is 7.11 Å². The second-order valence-electron chi connectivity index (χ2n) is 4.62. The Morgan fingerprint density at radius 1 is 1.45 bits per heavy atom. The zero-order valence-electron chi connectivity index (χ0n) is 12.0. The van der Waals surface area contributed by atoms with E-state index >= 15 is 0 Å². The molecule has 0 aromatic carbocycles. The van der Waals surface area contributed by atoms with Gasteiger partial charge in [-0.05, 0) is 24.8 Å². The van der Waals surface area contributed by atoms with Gasteiger partial charge in [-0.2, -0.15) is 0 Å². The summed E-state index contributed by atoms with van der Waals surface area (Å²) in [6.07, 6.45) is 3.94. The molecule has 1 heterocycles. The van der Waals surface area contributed by atoms with Crippen molar-refractivity contribution in [3.05, 3.63) is 16.3 Å². The van der Waals surface area contributed by atoms with Crippen molar-refractivity contribution < 1.29 is 17.9 Å². The van der Waals surface area contributed by atoms with Gasteiger partial charge in [0.25, 0.3) is 0 Å². The van der Waals surface area contributed by atoms with E-state index in [1.54, 1.807) is 5.38 Å². The van der Waals surface area contributed by atoms with Gasteiger partial charge in [-0.25, -0.2) is 17.9 Å². The molecule has 5 nitrogen and oxygen atoms in total. The van der Waals surface area contributed by atoms with Crippen LogP contribution in [-0.2, 0) is 14.8 Å². The molecule has 0 bridgehead atoms. The fourth-order valence-corrected chi connectivity index (χ4v) is 4.45. The normalized spacial score (nSPS) is 13.2. The van der Waals surface area contributed by atoms with E-state index in [-0.39, 0.29) is 15.8 Å². The standard InChI is InChI=1S/C13H21NO4S2/c1-4-5-6-7-10(2)14-20(16,17)11-8-9-19-12(11)13(15)18-3/h8-10,14H,4-7H2,1-3H3. The third kappa shape index (κ3) is 4.57. The fraction of sp³-hybridized carbons (Fsp3) is 0.615. The molecule has 0 aliphatic carbocycles. The molecule has 114 valence electrons. The molecule has 0 radical (unpaired) electrons. The summed E-state index contributed by atoms with van der Waals surface area (Å²) >= 11 is 1.06. The van der Waals surface area contributed by atoms with Crippen LogP contribution in [0.4, 0.5) is 0 Å². The zero-order valence-corrected chi connectivity index (χ0v) is 13.6. The van der Waals surface area contributed by atoms with E-state index in [1.807, 2.05) is 6.92 Å². The molecule has 1 aromatic heterocycles. The quantitative estimate of drug-likeness (QED) is 0.591. The Morgan fingerprint density at radius 2 is 2.15 bits per heavy atom. The summed E-state index contributed by atoms with van der Waals surface area (Å²) in [5.41, 5.74) is 0. The number of ether oxygens (including phenoxy) is 1. The first-order valence-corrected chi connectivity index (χ1v) is 8.96. The van der Waals surface area contributed by atoms with Crippen molar-refractivity contribution >= 4 is 27.3 Å². The highest BCUT2D eigenvalue weighted by atomic mass is 32.2. The molecule has 0 amide bonds. The lowest BCUT2D eigenvalue weighted by Gasteiger charge is -2.14. The maximum atomic E-state index is 12.3. The molecular formula is C13H21NO4S2. The Hall–Kier alpha value is -0.920. The first-order valence-electron chi connectivity index (χ1n) is 6.60. The fourth-order valence-electron chi connectivity index (χ4n) is 1.84. The molecular weight excluding hydrogens is 298 g/mol. The number of rotatable bonds is 8. The van der Waals surface area contributed by atoms with Crippen molar-refractivity contribution in [2.45, 2.75) is 50.5 Å². The highest BCUT2D eigenvalue weighted by molar-refractivity contribution is 7.89. The summed E-state index contributed by atoms with van der Waals surface area (Å²) in [5.74, 6) is -0.626. The van der Waals surface area contributed by atoms with Crippen LogP contribution in [0, 0.1) is 0 Å². The van der Waals surface area contributed by atoms with Crippen molar-refractivity contribution in [1.29, 1.82) is 0 Å². The van der Waals surface area contributed by atoms with Crippen LogP contribution >= 0.6 is 11.3 Å². The molecule has 1 atom stereocenters. The van der Waals surface area contributed by atoms with Gasteiger partial charge in [-0.15, -0.1) is 11.3 Å². The molecule has 1 unspecified atom stereocenters. The van der Waals surface area contributed by atoms with Crippen LogP contribution in [0.5, 0.6) is 0 Å². The van der Waals surface area contributed by atoms with E-state index in [0.29, 0.717) is 0 Å². The van der Waals surface area contributed by atoms with Crippen molar-refractivity contribution in [2.75, 3.05) is 7.11 Å². The number of hydrogen-bond donors (Lipinski definition) is 1. The second kappa shape index (κ2) is 7.75. The van der Waals surface area contributed by atoms with Gasteiger partial charge in [-0.3, -0.25) is 0 Å². The predicted molar refractivity (Wildman–Crippen MR) is 79.6 cm³/mol. The molecule has 1 N–H and O–H groups in total. The molecule has 0 aliphatic rings. The number of carbonyl (C=O) groups is 1. The average Bonchev–Trinajstić information content (AvgIpc) is 2.87. The number of thiophene rings is 1. The predicted octanol–water partition coefficient (Wildman–Crippen LogP) is 2.78. The van der Waals surface area contributed by atoms with Crippen molar-refractivity contribution in [2.24, 2.45) is 0 Å². The van der Waals surface area contributed by atoms with Crippen molar-refractivity contribution in [3.63, 3.8) is 0 Å². The van der Waals surface area contributed by atoms with Gasteiger partial charge in [0.1, 0.15) is 9.77 Å². The minimum Gasteiger partial charge on any atom is -0.465 e. The second-order valence-corrected chi connectivity index (χ2v) is 7.22. The highest BCUT2D eigenvalue weighted by Crippen LogP contribution is 2.23. The van der Waals surface area contributed by atoms with Gasteiger partial charge in [-0.1, -0.05) is 26.2 Å². The molecule has 20 heavy (non-hydrogen) atoms. The summed E-state index contributed by atoms with van der Waals surface area (Å²) in [7, 11) is -2.44. The number of sulfonamides is 1. The lowest BCUT2D eigenvalue weighted by Crippen LogP contribution is -2.33. The minimum absolute atomic E-state index is 0.00306.